The first kappa shape index (κ1) is 15.7. The highest BCUT2D eigenvalue weighted by Gasteiger charge is 2.20. The van der Waals surface area contributed by atoms with E-state index in [2.05, 4.69) is 9.97 Å². The van der Waals surface area contributed by atoms with Crippen molar-refractivity contribution in [3.8, 4) is 11.5 Å². The molecule has 1 atom stereocenters. The van der Waals surface area contributed by atoms with E-state index in [-0.39, 0.29) is 6.10 Å². The van der Waals surface area contributed by atoms with Gasteiger partial charge < -0.3 is 14.6 Å². The van der Waals surface area contributed by atoms with Crippen molar-refractivity contribution in [2.75, 3.05) is 7.11 Å². The number of benzene rings is 1. The average molecular weight is 314 g/mol. The van der Waals surface area contributed by atoms with E-state index in [1.54, 1.807) is 25.7 Å². The summed E-state index contributed by atoms with van der Waals surface area (Å²) in [4.78, 5) is 8.23. The van der Waals surface area contributed by atoms with Crippen molar-refractivity contribution in [1.82, 2.24) is 9.97 Å². The highest BCUT2D eigenvalue weighted by molar-refractivity contribution is 5.44. The molecule has 0 saturated heterocycles. The Kier molecular flexibility index (Phi) is 5.08. The van der Waals surface area contributed by atoms with Gasteiger partial charge in [0.05, 0.1) is 25.0 Å². The Labute approximate surface area is 136 Å². The second kappa shape index (κ2) is 7.42. The van der Waals surface area contributed by atoms with Gasteiger partial charge in [-0.3, -0.25) is 9.97 Å². The van der Waals surface area contributed by atoms with Crippen LogP contribution < -0.4 is 9.47 Å². The van der Waals surface area contributed by atoms with Crippen LogP contribution in [0.2, 0.25) is 0 Å². The molecule has 1 N–H and O–H groups in total. The van der Waals surface area contributed by atoms with Crippen molar-refractivity contribution in [3.05, 3.63) is 48.0 Å². The number of aliphatic hydroxyl groups excluding tert-OH is 1. The predicted octanol–water partition coefficient (Wildman–Crippen LogP) is 3.08. The summed E-state index contributed by atoms with van der Waals surface area (Å²) in [5.41, 5.74) is 1.55. The Balaban J connectivity index is 1.76. The Morgan fingerprint density at radius 2 is 2.04 bits per heavy atom. The molecule has 1 heterocycles. The van der Waals surface area contributed by atoms with Crippen LogP contribution in [0.5, 0.6) is 11.5 Å². The zero-order valence-corrected chi connectivity index (χ0v) is 13.3. The van der Waals surface area contributed by atoms with Gasteiger partial charge in [0.2, 0.25) is 0 Å². The lowest BCUT2D eigenvalue weighted by Gasteiger charge is -2.18. The molecule has 0 spiro atoms. The summed E-state index contributed by atoms with van der Waals surface area (Å²) in [6, 6.07) is 5.58. The van der Waals surface area contributed by atoms with Gasteiger partial charge in [-0.15, -0.1) is 0 Å². The van der Waals surface area contributed by atoms with Crippen LogP contribution in [0, 0.1) is 0 Å². The summed E-state index contributed by atoms with van der Waals surface area (Å²) in [7, 11) is 1.63. The van der Waals surface area contributed by atoms with Gasteiger partial charge in [0, 0.05) is 25.0 Å². The van der Waals surface area contributed by atoms with E-state index in [9.17, 15) is 5.11 Å². The van der Waals surface area contributed by atoms with Crippen molar-refractivity contribution in [1.29, 1.82) is 0 Å². The van der Waals surface area contributed by atoms with Crippen molar-refractivity contribution in [2.45, 2.75) is 44.3 Å². The van der Waals surface area contributed by atoms with Gasteiger partial charge in [-0.05, 0) is 43.4 Å². The molecule has 0 aliphatic heterocycles. The Bertz CT molecular complexity index is 627. The van der Waals surface area contributed by atoms with Crippen LogP contribution in [0.1, 0.15) is 43.0 Å². The summed E-state index contributed by atoms with van der Waals surface area (Å²) in [5, 5.41) is 10.5. The van der Waals surface area contributed by atoms with Crippen LogP contribution in [0.4, 0.5) is 0 Å². The molecule has 1 aliphatic carbocycles. The van der Waals surface area contributed by atoms with Crippen molar-refractivity contribution < 1.29 is 14.6 Å². The van der Waals surface area contributed by atoms with Gasteiger partial charge in [-0.1, -0.05) is 6.07 Å². The molecule has 1 saturated carbocycles. The van der Waals surface area contributed by atoms with Gasteiger partial charge in [-0.25, -0.2) is 0 Å². The van der Waals surface area contributed by atoms with E-state index in [0.29, 0.717) is 17.9 Å². The van der Waals surface area contributed by atoms with Crippen LogP contribution in [-0.2, 0) is 6.42 Å². The SMILES string of the molecule is COc1ccc(C(O)Cc2cnccn2)cc1OC1CCCC1. The minimum atomic E-state index is -0.650. The second-order valence-electron chi connectivity index (χ2n) is 5.85. The average Bonchev–Trinajstić information content (AvgIpc) is 3.09. The van der Waals surface area contributed by atoms with Crippen LogP contribution in [0.3, 0.4) is 0 Å². The number of aromatic nitrogens is 2. The molecular weight excluding hydrogens is 292 g/mol. The fourth-order valence-electron chi connectivity index (χ4n) is 2.93. The summed E-state index contributed by atoms with van der Waals surface area (Å²) in [6.07, 6.45) is 9.52. The molecule has 0 bridgehead atoms. The zero-order chi connectivity index (χ0) is 16.1. The maximum Gasteiger partial charge on any atom is 0.161 e. The van der Waals surface area contributed by atoms with E-state index in [0.717, 1.165) is 24.1 Å². The molecule has 0 radical (unpaired) electrons. The molecule has 5 nitrogen and oxygen atoms in total. The van der Waals surface area contributed by atoms with Crippen molar-refractivity contribution >= 4 is 0 Å². The van der Waals surface area contributed by atoms with Crippen molar-refractivity contribution in [2.24, 2.45) is 0 Å². The molecule has 122 valence electrons. The maximum atomic E-state index is 10.5. The third-order valence-electron chi connectivity index (χ3n) is 4.19. The Morgan fingerprint density at radius 3 is 2.74 bits per heavy atom. The summed E-state index contributed by atoms with van der Waals surface area (Å²) in [6.45, 7) is 0. The third-order valence-corrected chi connectivity index (χ3v) is 4.19. The zero-order valence-electron chi connectivity index (χ0n) is 13.3. The lowest BCUT2D eigenvalue weighted by molar-refractivity contribution is 0.173. The monoisotopic (exact) mass is 314 g/mol. The van der Waals surface area contributed by atoms with Gasteiger partial charge in [0.25, 0.3) is 0 Å². The largest absolute Gasteiger partial charge is 0.493 e. The van der Waals surface area contributed by atoms with Gasteiger partial charge in [0.1, 0.15) is 0 Å². The smallest absolute Gasteiger partial charge is 0.161 e. The molecule has 2 aromatic rings. The fourth-order valence-corrected chi connectivity index (χ4v) is 2.93. The van der Waals surface area contributed by atoms with Gasteiger partial charge in [0.15, 0.2) is 11.5 Å². The van der Waals surface area contributed by atoms with E-state index in [1.165, 1.54) is 12.8 Å². The quantitative estimate of drug-likeness (QED) is 0.887. The molecule has 5 heteroatoms. The molecule has 1 fully saturated rings. The van der Waals surface area contributed by atoms with Crippen LogP contribution in [0.15, 0.2) is 36.8 Å². The normalized spacial score (nSPS) is 16.3. The molecule has 1 aromatic carbocycles. The molecule has 0 amide bonds. The topological polar surface area (TPSA) is 64.5 Å². The molecule has 3 rings (SSSR count). The molecule has 1 unspecified atom stereocenters. The van der Waals surface area contributed by atoms with E-state index >= 15 is 0 Å². The molecular formula is C18H22N2O3. The minimum absolute atomic E-state index is 0.247. The van der Waals surface area contributed by atoms with Crippen LogP contribution in [-0.4, -0.2) is 28.3 Å². The van der Waals surface area contributed by atoms with Crippen LogP contribution >= 0.6 is 0 Å². The number of methoxy groups -OCH3 is 1. The number of hydrogen-bond donors (Lipinski definition) is 1. The second-order valence-corrected chi connectivity index (χ2v) is 5.85. The van der Waals surface area contributed by atoms with E-state index in [1.807, 2.05) is 18.2 Å². The standard InChI is InChI=1S/C18H22N2O3/c1-22-17-7-6-13(10-18(17)23-15-4-2-3-5-15)16(21)11-14-12-19-8-9-20-14/h6-10,12,15-16,21H,2-5,11H2,1H3. The summed E-state index contributed by atoms with van der Waals surface area (Å²) < 4.78 is 11.5. The summed E-state index contributed by atoms with van der Waals surface area (Å²) >= 11 is 0. The number of nitrogens with zero attached hydrogens (tertiary/aromatic N) is 2. The number of hydrogen-bond acceptors (Lipinski definition) is 5. The Hall–Kier alpha value is -2.14. The maximum absolute atomic E-state index is 10.5. The Morgan fingerprint density at radius 1 is 1.22 bits per heavy atom. The highest BCUT2D eigenvalue weighted by Crippen LogP contribution is 2.34. The first-order chi connectivity index (χ1) is 11.3. The molecule has 1 aromatic heterocycles. The fraction of sp³-hybridized carbons (Fsp3) is 0.444. The van der Waals surface area contributed by atoms with E-state index in [4.69, 9.17) is 9.47 Å². The first-order valence-electron chi connectivity index (χ1n) is 8.04. The number of ether oxygens (including phenoxy) is 2. The van der Waals surface area contributed by atoms with Gasteiger partial charge in [-0.2, -0.15) is 0 Å². The lowest BCUT2D eigenvalue weighted by atomic mass is 10.0. The number of aliphatic hydroxyl groups is 1. The lowest BCUT2D eigenvalue weighted by Crippen LogP contribution is -2.12. The first-order valence-corrected chi connectivity index (χ1v) is 8.04. The highest BCUT2D eigenvalue weighted by atomic mass is 16.5. The third kappa shape index (κ3) is 3.99. The predicted molar refractivity (Wildman–Crippen MR) is 86.6 cm³/mol. The summed E-state index contributed by atoms with van der Waals surface area (Å²) in [5.74, 6) is 1.41. The van der Waals surface area contributed by atoms with Crippen molar-refractivity contribution in [3.63, 3.8) is 0 Å². The van der Waals surface area contributed by atoms with E-state index < -0.39 is 6.10 Å². The molecule has 23 heavy (non-hydrogen) atoms. The molecule has 1 aliphatic rings. The number of rotatable bonds is 6. The van der Waals surface area contributed by atoms with Crippen LogP contribution in [0.25, 0.3) is 0 Å². The minimum Gasteiger partial charge on any atom is -0.493 e. The van der Waals surface area contributed by atoms with Gasteiger partial charge >= 0.3 is 0 Å².